The third kappa shape index (κ3) is 2.86. The number of nitrogens with one attached hydrogen (secondary N) is 1. The maximum Gasteiger partial charge on any atom is 0.326 e. The summed E-state index contributed by atoms with van der Waals surface area (Å²) < 4.78 is 5.01. The molecule has 2 amide bonds. The SMILES string of the molecule is COC(=O)[C@]1(C)N[C@H](c2ccc(C)cc2)[C@@H]2C(=O)N(c3ccc(C)cc3)C(=O)[C@@H]21. The minimum Gasteiger partial charge on any atom is -0.468 e. The smallest absolute Gasteiger partial charge is 0.326 e. The van der Waals surface area contributed by atoms with E-state index in [0.29, 0.717) is 5.69 Å². The fourth-order valence-electron chi connectivity index (χ4n) is 4.55. The topological polar surface area (TPSA) is 75.7 Å². The van der Waals surface area contributed by atoms with Crippen LogP contribution in [0.25, 0.3) is 0 Å². The predicted molar refractivity (Wildman–Crippen MR) is 108 cm³/mol. The van der Waals surface area contributed by atoms with E-state index in [1.807, 2.05) is 50.2 Å². The van der Waals surface area contributed by atoms with Gasteiger partial charge in [0.25, 0.3) is 0 Å². The number of hydrogen-bond donors (Lipinski definition) is 1. The first-order valence-electron chi connectivity index (χ1n) is 9.65. The van der Waals surface area contributed by atoms with E-state index in [0.717, 1.165) is 16.7 Å². The second-order valence-corrected chi connectivity index (χ2v) is 8.08. The van der Waals surface area contributed by atoms with Gasteiger partial charge in [-0.1, -0.05) is 47.5 Å². The molecule has 0 unspecified atom stereocenters. The number of amides is 2. The number of ether oxygens (including phenoxy) is 1. The standard InChI is InChI=1S/C23H24N2O4/c1-13-5-9-15(10-6-13)19-17-18(23(3,24-19)22(28)29-4)21(27)25(20(17)26)16-11-7-14(2)8-12-16/h5-12,17-19,24H,1-4H3/t17-,18-,19-,23-/m1/s1. The number of esters is 1. The Kier molecular flexibility index (Phi) is 4.54. The average Bonchev–Trinajstić information content (AvgIpc) is 3.17. The lowest BCUT2D eigenvalue weighted by atomic mass is 9.80. The van der Waals surface area contributed by atoms with Crippen LogP contribution < -0.4 is 10.2 Å². The van der Waals surface area contributed by atoms with Crippen molar-refractivity contribution < 1.29 is 19.1 Å². The minimum absolute atomic E-state index is 0.297. The van der Waals surface area contributed by atoms with E-state index < -0.39 is 29.4 Å². The van der Waals surface area contributed by atoms with Gasteiger partial charge < -0.3 is 4.74 Å². The van der Waals surface area contributed by atoms with Crippen LogP contribution in [0.2, 0.25) is 0 Å². The Morgan fingerprint density at radius 2 is 1.52 bits per heavy atom. The Morgan fingerprint density at radius 3 is 2.07 bits per heavy atom. The van der Waals surface area contributed by atoms with Crippen LogP contribution in [-0.2, 0) is 19.1 Å². The van der Waals surface area contributed by atoms with Crippen molar-refractivity contribution in [2.75, 3.05) is 12.0 Å². The summed E-state index contributed by atoms with van der Waals surface area (Å²) in [4.78, 5) is 40.8. The molecule has 2 saturated heterocycles. The molecule has 2 aromatic carbocycles. The van der Waals surface area contributed by atoms with Gasteiger partial charge in [0.05, 0.1) is 24.6 Å². The second kappa shape index (κ2) is 6.81. The zero-order valence-corrected chi connectivity index (χ0v) is 16.9. The molecule has 4 atom stereocenters. The van der Waals surface area contributed by atoms with Crippen LogP contribution in [0.3, 0.4) is 0 Å². The number of carbonyl (C=O) groups is 3. The lowest BCUT2D eigenvalue weighted by molar-refractivity contribution is -0.151. The van der Waals surface area contributed by atoms with Crippen LogP contribution in [0, 0.1) is 25.7 Å². The highest BCUT2D eigenvalue weighted by Crippen LogP contribution is 2.49. The highest BCUT2D eigenvalue weighted by molar-refractivity contribution is 6.24. The van der Waals surface area contributed by atoms with Gasteiger partial charge in [0.15, 0.2) is 0 Å². The molecule has 0 spiro atoms. The molecular formula is C23H24N2O4. The molecule has 1 N–H and O–H groups in total. The van der Waals surface area contributed by atoms with Crippen molar-refractivity contribution in [1.82, 2.24) is 5.32 Å². The van der Waals surface area contributed by atoms with Gasteiger partial charge in [-0.3, -0.25) is 19.7 Å². The molecule has 4 rings (SSSR count). The number of nitrogens with zero attached hydrogens (tertiary/aromatic N) is 1. The molecule has 6 nitrogen and oxygen atoms in total. The monoisotopic (exact) mass is 392 g/mol. The van der Waals surface area contributed by atoms with Crippen LogP contribution in [0.1, 0.15) is 29.7 Å². The van der Waals surface area contributed by atoms with Gasteiger partial charge in [-0.2, -0.15) is 0 Å². The van der Waals surface area contributed by atoms with Crippen molar-refractivity contribution in [2.45, 2.75) is 32.4 Å². The molecule has 2 heterocycles. The molecule has 0 saturated carbocycles. The van der Waals surface area contributed by atoms with Gasteiger partial charge in [0, 0.05) is 6.04 Å². The third-order valence-electron chi connectivity index (χ3n) is 6.13. The number of carbonyl (C=O) groups excluding carboxylic acids is 3. The molecule has 2 aliphatic heterocycles. The van der Waals surface area contributed by atoms with Gasteiger partial charge in [-0.05, 0) is 38.5 Å². The molecular weight excluding hydrogens is 368 g/mol. The highest BCUT2D eigenvalue weighted by atomic mass is 16.5. The minimum atomic E-state index is -1.29. The molecule has 6 heteroatoms. The molecule has 29 heavy (non-hydrogen) atoms. The number of imide groups is 1. The Hall–Kier alpha value is -2.99. The highest BCUT2D eigenvalue weighted by Gasteiger charge is 2.67. The fourth-order valence-corrected chi connectivity index (χ4v) is 4.55. The molecule has 2 fully saturated rings. The molecule has 2 aromatic rings. The van der Waals surface area contributed by atoms with E-state index in [1.54, 1.807) is 19.1 Å². The Labute approximate surface area is 169 Å². The number of anilines is 1. The molecule has 0 radical (unpaired) electrons. The van der Waals surface area contributed by atoms with E-state index in [-0.39, 0.29) is 11.8 Å². The average molecular weight is 392 g/mol. The summed E-state index contributed by atoms with van der Waals surface area (Å²) in [6, 6.07) is 14.6. The number of aryl methyl sites for hydroxylation is 2. The summed E-state index contributed by atoms with van der Waals surface area (Å²) in [6.45, 7) is 5.57. The number of benzene rings is 2. The zero-order chi connectivity index (χ0) is 20.9. The van der Waals surface area contributed by atoms with Crippen molar-refractivity contribution in [2.24, 2.45) is 11.8 Å². The largest absolute Gasteiger partial charge is 0.468 e. The van der Waals surface area contributed by atoms with Gasteiger partial charge in [-0.15, -0.1) is 0 Å². The molecule has 0 bridgehead atoms. The first kappa shape index (κ1) is 19.3. The molecule has 150 valence electrons. The molecule has 0 aliphatic carbocycles. The Balaban J connectivity index is 1.81. The van der Waals surface area contributed by atoms with Crippen LogP contribution in [0.5, 0.6) is 0 Å². The second-order valence-electron chi connectivity index (χ2n) is 8.08. The van der Waals surface area contributed by atoms with Gasteiger partial charge in [0.1, 0.15) is 5.54 Å². The van der Waals surface area contributed by atoms with Crippen molar-refractivity contribution >= 4 is 23.5 Å². The summed E-state index contributed by atoms with van der Waals surface area (Å²) in [5.74, 6) is -2.74. The van der Waals surface area contributed by atoms with Crippen molar-refractivity contribution in [3.8, 4) is 0 Å². The van der Waals surface area contributed by atoms with Crippen LogP contribution >= 0.6 is 0 Å². The zero-order valence-electron chi connectivity index (χ0n) is 16.9. The normalized spacial score (nSPS) is 28.6. The Bertz CT molecular complexity index is 983. The van der Waals surface area contributed by atoms with Crippen molar-refractivity contribution in [1.29, 1.82) is 0 Å². The first-order chi connectivity index (χ1) is 13.8. The summed E-state index contributed by atoms with van der Waals surface area (Å²) >= 11 is 0. The van der Waals surface area contributed by atoms with E-state index in [9.17, 15) is 14.4 Å². The van der Waals surface area contributed by atoms with Gasteiger partial charge >= 0.3 is 5.97 Å². The summed E-state index contributed by atoms with van der Waals surface area (Å²) in [5, 5.41) is 3.25. The van der Waals surface area contributed by atoms with Gasteiger partial charge in [-0.25, -0.2) is 4.90 Å². The van der Waals surface area contributed by atoms with Crippen molar-refractivity contribution in [3.05, 3.63) is 65.2 Å². The number of hydrogen-bond acceptors (Lipinski definition) is 5. The summed E-state index contributed by atoms with van der Waals surface area (Å²) in [7, 11) is 1.29. The third-order valence-corrected chi connectivity index (χ3v) is 6.13. The lowest BCUT2D eigenvalue weighted by Gasteiger charge is -2.28. The number of rotatable bonds is 3. The summed E-state index contributed by atoms with van der Waals surface area (Å²) in [5.41, 5.74) is 2.22. The summed E-state index contributed by atoms with van der Waals surface area (Å²) in [6.07, 6.45) is 0. The van der Waals surface area contributed by atoms with Crippen LogP contribution in [0.15, 0.2) is 48.5 Å². The first-order valence-corrected chi connectivity index (χ1v) is 9.65. The van der Waals surface area contributed by atoms with E-state index in [4.69, 9.17) is 4.74 Å². The maximum absolute atomic E-state index is 13.4. The number of fused-ring (bicyclic) bond motifs is 1. The fraction of sp³-hybridized carbons (Fsp3) is 0.348. The van der Waals surface area contributed by atoms with Crippen molar-refractivity contribution in [3.63, 3.8) is 0 Å². The Morgan fingerprint density at radius 1 is 0.966 bits per heavy atom. The lowest BCUT2D eigenvalue weighted by Crippen LogP contribution is -2.54. The number of methoxy groups -OCH3 is 1. The maximum atomic E-state index is 13.4. The predicted octanol–water partition coefficient (Wildman–Crippen LogP) is 2.69. The van der Waals surface area contributed by atoms with E-state index in [1.165, 1.54) is 12.0 Å². The van der Waals surface area contributed by atoms with E-state index in [2.05, 4.69) is 5.32 Å². The van der Waals surface area contributed by atoms with Crippen LogP contribution in [-0.4, -0.2) is 30.4 Å². The molecule has 0 aromatic heterocycles. The van der Waals surface area contributed by atoms with Crippen LogP contribution in [0.4, 0.5) is 5.69 Å². The molecule has 2 aliphatic rings. The van der Waals surface area contributed by atoms with Gasteiger partial charge in [0.2, 0.25) is 11.8 Å². The van der Waals surface area contributed by atoms with E-state index >= 15 is 0 Å². The quantitative estimate of drug-likeness (QED) is 0.642.